The molecule has 0 aliphatic carbocycles. The number of fused-ring (bicyclic) bond motifs is 1. The van der Waals surface area contributed by atoms with Gasteiger partial charge in [0.1, 0.15) is 5.82 Å². The lowest BCUT2D eigenvalue weighted by molar-refractivity contribution is 1.23. The van der Waals surface area contributed by atoms with Gasteiger partial charge in [-0.15, -0.1) is 0 Å². The normalized spacial score (nSPS) is 10.1. The number of rotatable bonds is 1. The number of pyridine rings is 2. The summed E-state index contributed by atoms with van der Waals surface area (Å²) in [5.74, 6) is 5.83. The Morgan fingerprint density at radius 3 is 3.00 bits per heavy atom. The fraction of sp³-hybridized carbons (Fsp3) is 0. The van der Waals surface area contributed by atoms with Crippen LogP contribution in [-0.4, -0.2) is 9.97 Å². The lowest BCUT2D eigenvalue weighted by Gasteiger charge is -1.99. The highest BCUT2D eigenvalue weighted by Gasteiger charge is 1.95. The summed E-state index contributed by atoms with van der Waals surface area (Å²) in [5, 5.41) is 1.01. The molecule has 0 spiro atoms. The quantitative estimate of drug-likeness (QED) is 0.481. The van der Waals surface area contributed by atoms with E-state index < -0.39 is 0 Å². The van der Waals surface area contributed by atoms with Gasteiger partial charge in [0.2, 0.25) is 0 Å². The van der Waals surface area contributed by atoms with Gasteiger partial charge in [-0.3, -0.25) is 0 Å². The molecule has 60 valence electrons. The molecule has 0 fully saturated rings. The van der Waals surface area contributed by atoms with Gasteiger partial charge in [0, 0.05) is 11.6 Å². The van der Waals surface area contributed by atoms with Crippen molar-refractivity contribution in [3.8, 4) is 0 Å². The maximum atomic E-state index is 5.20. The van der Waals surface area contributed by atoms with Crippen LogP contribution in [0.5, 0.6) is 0 Å². The highest BCUT2D eigenvalue weighted by atomic mass is 15.2. The fourth-order valence-corrected chi connectivity index (χ4v) is 1.03. The molecule has 4 nitrogen and oxygen atoms in total. The first kappa shape index (κ1) is 7.00. The Balaban J connectivity index is 2.67. The third-order valence-electron chi connectivity index (χ3n) is 1.61. The Kier molecular flexibility index (Phi) is 1.60. The number of aromatic nitrogens is 2. The van der Waals surface area contributed by atoms with Crippen molar-refractivity contribution in [1.82, 2.24) is 9.97 Å². The van der Waals surface area contributed by atoms with Gasteiger partial charge in [0.05, 0.1) is 0 Å². The Morgan fingerprint density at radius 1 is 1.25 bits per heavy atom. The highest BCUT2D eigenvalue weighted by Crippen LogP contribution is 2.10. The van der Waals surface area contributed by atoms with Crippen LogP contribution in [0, 0.1) is 0 Å². The molecule has 2 aromatic rings. The van der Waals surface area contributed by atoms with Crippen molar-refractivity contribution < 1.29 is 0 Å². The van der Waals surface area contributed by atoms with Crippen LogP contribution in [0.3, 0.4) is 0 Å². The lowest BCUT2D eigenvalue weighted by atomic mass is 10.3. The zero-order valence-corrected chi connectivity index (χ0v) is 6.36. The molecular formula is C8H8N4. The fourth-order valence-electron chi connectivity index (χ4n) is 1.03. The van der Waals surface area contributed by atoms with Crippen LogP contribution in [0.2, 0.25) is 0 Å². The topological polar surface area (TPSA) is 63.8 Å². The number of hydrogen-bond acceptors (Lipinski definition) is 4. The van der Waals surface area contributed by atoms with E-state index >= 15 is 0 Å². The van der Waals surface area contributed by atoms with Crippen LogP contribution in [0.4, 0.5) is 5.82 Å². The summed E-state index contributed by atoms with van der Waals surface area (Å²) in [7, 11) is 0. The molecule has 0 unspecified atom stereocenters. The number of anilines is 1. The second-order valence-corrected chi connectivity index (χ2v) is 2.39. The van der Waals surface area contributed by atoms with E-state index in [1.54, 1.807) is 6.20 Å². The monoisotopic (exact) mass is 160 g/mol. The van der Waals surface area contributed by atoms with Gasteiger partial charge in [-0.05, 0) is 24.3 Å². The second-order valence-electron chi connectivity index (χ2n) is 2.39. The van der Waals surface area contributed by atoms with E-state index in [1.165, 1.54) is 0 Å². The van der Waals surface area contributed by atoms with Crippen molar-refractivity contribution in [2.45, 2.75) is 0 Å². The maximum absolute atomic E-state index is 5.20. The van der Waals surface area contributed by atoms with Crippen molar-refractivity contribution >= 4 is 16.9 Å². The van der Waals surface area contributed by atoms with Gasteiger partial charge in [-0.1, -0.05) is 0 Å². The van der Waals surface area contributed by atoms with Crippen LogP contribution in [0.25, 0.3) is 11.0 Å². The van der Waals surface area contributed by atoms with Crippen molar-refractivity contribution in [2.75, 3.05) is 5.43 Å². The van der Waals surface area contributed by atoms with Crippen molar-refractivity contribution in [2.24, 2.45) is 5.84 Å². The van der Waals surface area contributed by atoms with Crippen LogP contribution >= 0.6 is 0 Å². The number of hydrogen-bond donors (Lipinski definition) is 2. The summed E-state index contributed by atoms with van der Waals surface area (Å²) in [5.41, 5.74) is 3.17. The van der Waals surface area contributed by atoms with Gasteiger partial charge in [0.15, 0.2) is 5.65 Å². The van der Waals surface area contributed by atoms with E-state index in [-0.39, 0.29) is 0 Å². The molecule has 0 amide bonds. The Labute approximate surface area is 69.4 Å². The molecule has 12 heavy (non-hydrogen) atoms. The predicted molar refractivity (Wildman–Crippen MR) is 47.3 cm³/mol. The van der Waals surface area contributed by atoms with Crippen molar-refractivity contribution in [3.05, 3.63) is 30.5 Å². The molecule has 3 N–H and O–H groups in total. The van der Waals surface area contributed by atoms with Crippen molar-refractivity contribution in [1.29, 1.82) is 0 Å². The number of nitrogens with two attached hydrogens (primary N) is 1. The van der Waals surface area contributed by atoms with Crippen LogP contribution in [0.15, 0.2) is 30.5 Å². The van der Waals surface area contributed by atoms with Gasteiger partial charge in [-0.2, -0.15) is 0 Å². The lowest BCUT2D eigenvalue weighted by Crippen LogP contribution is -2.08. The summed E-state index contributed by atoms with van der Waals surface area (Å²) >= 11 is 0. The highest BCUT2D eigenvalue weighted by molar-refractivity contribution is 5.75. The zero-order chi connectivity index (χ0) is 8.39. The predicted octanol–water partition coefficient (Wildman–Crippen LogP) is 0.915. The molecule has 0 saturated heterocycles. The van der Waals surface area contributed by atoms with Gasteiger partial charge in [-0.25, -0.2) is 15.8 Å². The minimum Gasteiger partial charge on any atom is -0.308 e. The summed E-state index contributed by atoms with van der Waals surface area (Å²) < 4.78 is 0. The average molecular weight is 160 g/mol. The standard InChI is InChI=1S/C8H8N4/c9-12-7-4-3-6-2-1-5-10-8(6)11-7/h1-5H,9H2,(H,10,11,12). The molecule has 0 saturated carbocycles. The summed E-state index contributed by atoms with van der Waals surface area (Å²) in [6.45, 7) is 0. The van der Waals surface area contributed by atoms with E-state index in [4.69, 9.17) is 5.84 Å². The first-order chi connectivity index (χ1) is 5.90. The molecule has 0 aromatic carbocycles. The Bertz CT molecular complexity index is 399. The average Bonchev–Trinajstić information content (AvgIpc) is 2.17. The number of nitrogens with one attached hydrogen (secondary N) is 1. The van der Waals surface area contributed by atoms with Crippen molar-refractivity contribution in [3.63, 3.8) is 0 Å². The number of nitrogen functional groups attached to an aromatic ring is 1. The van der Waals surface area contributed by atoms with Crippen LogP contribution in [-0.2, 0) is 0 Å². The van der Waals surface area contributed by atoms with E-state index in [0.29, 0.717) is 11.5 Å². The third kappa shape index (κ3) is 1.08. The van der Waals surface area contributed by atoms with Crippen LogP contribution < -0.4 is 11.3 Å². The van der Waals surface area contributed by atoms with E-state index in [0.717, 1.165) is 5.39 Å². The third-order valence-corrected chi connectivity index (χ3v) is 1.61. The minimum atomic E-state index is 0.626. The molecule has 2 aromatic heterocycles. The summed E-state index contributed by atoms with van der Waals surface area (Å²) in [6.07, 6.45) is 1.70. The summed E-state index contributed by atoms with van der Waals surface area (Å²) in [4.78, 5) is 8.23. The SMILES string of the molecule is NNc1ccc2cccnc2n1. The Morgan fingerprint density at radius 2 is 2.17 bits per heavy atom. The van der Waals surface area contributed by atoms with Crippen LogP contribution in [0.1, 0.15) is 0 Å². The molecule has 4 heteroatoms. The van der Waals surface area contributed by atoms with E-state index in [9.17, 15) is 0 Å². The largest absolute Gasteiger partial charge is 0.308 e. The van der Waals surface area contributed by atoms with E-state index in [2.05, 4.69) is 15.4 Å². The minimum absolute atomic E-state index is 0.626. The number of nitrogens with zero attached hydrogens (tertiary/aromatic N) is 2. The molecule has 0 radical (unpaired) electrons. The molecule has 2 rings (SSSR count). The maximum Gasteiger partial charge on any atom is 0.161 e. The molecule has 0 bridgehead atoms. The molecular weight excluding hydrogens is 152 g/mol. The second kappa shape index (κ2) is 2.75. The van der Waals surface area contributed by atoms with Gasteiger partial charge >= 0.3 is 0 Å². The number of hydrazine groups is 1. The Hall–Kier alpha value is -1.68. The first-order valence-electron chi connectivity index (χ1n) is 3.58. The zero-order valence-electron chi connectivity index (χ0n) is 6.36. The molecule has 0 atom stereocenters. The molecule has 0 aliphatic heterocycles. The first-order valence-corrected chi connectivity index (χ1v) is 3.58. The molecule has 0 aliphatic rings. The molecule has 2 heterocycles. The smallest absolute Gasteiger partial charge is 0.161 e. The van der Waals surface area contributed by atoms with E-state index in [1.807, 2.05) is 24.3 Å². The summed E-state index contributed by atoms with van der Waals surface area (Å²) in [6, 6.07) is 7.56. The van der Waals surface area contributed by atoms with Gasteiger partial charge in [0.25, 0.3) is 0 Å². The van der Waals surface area contributed by atoms with Gasteiger partial charge < -0.3 is 5.43 Å².